The van der Waals surface area contributed by atoms with E-state index in [1.807, 2.05) is 6.92 Å². The lowest BCUT2D eigenvalue weighted by Gasteiger charge is -2.38. The van der Waals surface area contributed by atoms with Gasteiger partial charge in [0.2, 0.25) is 0 Å². The first-order valence-electron chi connectivity index (χ1n) is 6.06. The van der Waals surface area contributed by atoms with Gasteiger partial charge in [-0.25, -0.2) is 0 Å². The Labute approximate surface area is 92.4 Å². The summed E-state index contributed by atoms with van der Waals surface area (Å²) in [5.74, 6) is 0.675. The zero-order chi connectivity index (χ0) is 11.3. The molecular weight excluding hydrogens is 192 g/mol. The van der Waals surface area contributed by atoms with Gasteiger partial charge in [0, 0.05) is 6.61 Å². The van der Waals surface area contributed by atoms with Crippen LogP contribution in [0.1, 0.15) is 46.0 Å². The monoisotopic (exact) mass is 216 g/mol. The summed E-state index contributed by atoms with van der Waals surface area (Å²) < 4.78 is 5.28. The van der Waals surface area contributed by atoms with Crippen LogP contribution in [0.5, 0.6) is 0 Å². The standard InChI is InChI=1S/C12H24O3/c1-3-8-15-9-11(13)12(14)6-4-10(2)5-7-12/h10-11,13-14H,3-9H2,1-2H3. The van der Waals surface area contributed by atoms with Crippen LogP contribution in [0.25, 0.3) is 0 Å². The van der Waals surface area contributed by atoms with Crippen molar-refractivity contribution in [3.05, 3.63) is 0 Å². The topological polar surface area (TPSA) is 49.7 Å². The molecule has 1 rings (SSSR count). The fraction of sp³-hybridized carbons (Fsp3) is 1.00. The molecule has 1 saturated carbocycles. The summed E-state index contributed by atoms with van der Waals surface area (Å²) in [4.78, 5) is 0. The van der Waals surface area contributed by atoms with Crippen LogP contribution >= 0.6 is 0 Å². The second kappa shape index (κ2) is 5.83. The molecule has 1 atom stereocenters. The van der Waals surface area contributed by atoms with Gasteiger partial charge in [0.05, 0.1) is 12.2 Å². The van der Waals surface area contributed by atoms with Gasteiger partial charge in [0.1, 0.15) is 6.10 Å². The van der Waals surface area contributed by atoms with Gasteiger partial charge < -0.3 is 14.9 Å². The Hall–Kier alpha value is -0.120. The van der Waals surface area contributed by atoms with Gasteiger partial charge in [0.15, 0.2) is 0 Å². The van der Waals surface area contributed by atoms with Gasteiger partial charge in [0.25, 0.3) is 0 Å². The lowest BCUT2D eigenvalue weighted by Crippen LogP contribution is -2.47. The molecule has 0 aliphatic heterocycles. The van der Waals surface area contributed by atoms with Crippen molar-refractivity contribution < 1.29 is 14.9 Å². The number of aliphatic hydroxyl groups is 2. The van der Waals surface area contributed by atoms with Crippen LogP contribution < -0.4 is 0 Å². The third-order valence-electron chi connectivity index (χ3n) is 3.38. The fourth-order valence-corrected chi connectivity index (χ4v) is 2.09. The lowest BCUT2D eigenvalue weighted by molar-refractivity contribution is -0.128. The Kier molecular flexibility index (Phi) is 5.03. The van der Waals surface area contributed by atoms with Crippen LogP contribution in [0.2, 0.25) is 0 Å². The molecule has 0 heterocycles. The largest absolute Gasteiger partial charge is 0.388 e. The van der Waals surface area contributed by atoms with Crippen molar-refractivity contribution in [1.29, 1.82) is 0 Å². The minimum Gasteiger partial charge on any atom is -0.388 e. The third kappa shape index (κ3) is 3.74. The van der Waals surface area contributed by atoms with Gasteiger partial charge in [-0.05, 0) is 38.0 Å². The molecule has 3 heteroatoms. The maximum Gasteiger partial charge on any atom is 0.106 e. The highest BCUT2D eigenvalue weighted by atomic mass is 16.5. The third-order valence-corrected chi connectivity index (χ3v) is 3.38. The van der Waals surface area contributed by atoms with Crippen molar-refractivity contribution in [1.82, 2.24) is 0 Å². The molecule has 0 saturated heterocycles. The summed E-state index contributed by atoms with van der Waals surface area (Å²) in [5.41, 5.74) is -0.903. The van der Waals surface area contributed by atoms with E-state index in [1.54, 1.807) is 0 Å². The molecule has 0 aromatic heterocycles. The van der Waals surface area contributed by atoms with E-state index in [1.165, 1.54) is 0 Å². The number of hydrogen-bond acceptors (Lipinski definition) is 3. The van der Waals surface area contributed by atoms with Crippen molar-refractivity contribution in [3.63, 3.8) is 0 Å². The van der Waals surface area contributed by atoms with Gasteiger partial charge in [-0.15, -0.1) is 0 Å². The Morgan fingerprint density at radius 1 is 1.40 bits per heavy atom. The van der Waals surface area contributed by atoms with E-state index < -0.39 is 11.7 Å². The number of aliphatic hydroxyl groups excluding tert-OH is 1. The molecule has 0 spiro atoms. The van der Waals surface area contributed by atoms with E-state index in [4.69, 9.17) is 4.74 Å². The van der Waals surface area contributed by atoms with Crippen LogP contribution in [0.3, 0.4) is 0 Å². The molecular formula is C12H24O3. The average Bonchev–Trinajstić information content (AvgIpc) is 2.23. The summed E-state index contributed by atoms with van der Waals surface area (Å²) >= 11 is 0. The summed E-state index contributed by atoms with van der Waals surface area (Å²) in [7, 11) is 0. The molecule has 0 aromatic carbocycles. The van der Waals surface area contributed by atoms with E-state index >= 15 is 0 Å². The maximum atomic E-state index is 10.2. The minimum absolute atomic E-state index is 0.263. The minimum atomic E-state index is -0.903. The highest BCUT2D eigenvalue weighted by Crippen LogP contribution is 2.34. The molecule has 90 valence electrons. The molecule has 0 amide bonds. The fourth-order valence-electron chi connectivity index (χ4n) is 2.09. The molecule has 1 fully saturated rings. The van der Waals surface area contributed by atoms with E-state index in [0.29, 0.717) is 25.4 Å². The van der Waals surface area contributed by atoms with Crippen LogP contribution in [0.15, 0.2) is 0 Å². The number of ether oxygens (including phenoxy) is 1. The van der Waals surface area contributed by atoms with E-state index in [9.17, 15) is 10.2 Å². The first kappa shape index (κ1) is 12.9. The Bertz CT molecular complexity index is 174. The highest BCUT2D eigenvalue weighted by molar-refractivity contribution is 4.90. The molecule has 0 bridgehead atoms. The van der Waals surface area contributed by atoms with Gasteiger partial charge >= 0.3 is 0 Å². The summed E-state index contributed by atoms with van der Waals surface area (Å²) in [6.45, 7) is 5.14. The first-order chi connectivity index (χ1) is 7.08. The summed E-state index contributed by atoms with van der Waals surface area (Å²) in [6, 6.07) is 0. The maximum absolute atomic E-state index is 10.2. The van der Waals surface area contributed by atoms with Crippen molar-refractivity contribution >= 4 is 0 Å². The normalized spacial score (nSPS) is 34.0. The van der Waals surface area contributed by atoms with Gasteiger partial charge in [-0.1, -0.05) is 13.8 Å². The zero-order valence-electron chi connectivity index (χ0n) is 9.91. The van der Waals surface area contributed by atoms with Crippen molar-refractivity contribution in [2.24, 2.45) is 5.92 Å². The Morgan fingerprint density at radius 3 is 2.53 bits per heavy atom. The number of rotatable bonds is 5. The molecule has 1 unspecified atom stereocenters. The second-order valence-corrected chi connectivity index (χ2v) is 4.88. The molecule has 1 aliphatic rings. The van der Waals surface area contributed by atoms with Crippen molar-refractivity contribution in [2.75, 3.05) is 13.2 Å². The first-order valence-corrected chi connectivity index (χ1v) is 6.06. The quantitative estimate of drug-likeness (QED) is 0.688. The SMILES string of the molecule is CCCOCC(O)C1(O)CCC(C)CC1. The lowest BCUT2D eigenvalue weighted by atomic mass is 9.77. The van der Waals surface area contributed by atoms with E-state index in [2.05, 4.69) is 6.92 Å². The van der Waals surface area contributed by atoms with Gasteiger partial charge in [-0.2, -0.15) is 0 Å². The number of hydrogen-bond donors (Lipinski definition) is 2. The zero-order valence-corrected chi connectivity index (χ0v) is 9.91. The van der Waals surface area contributed by atoms with E-state index in [0.717, 1.165) is 19.3 Å². The van der Waals surface area contributed by atoms with Crippen LogP contribution in [0.4, 0.5) is 0 Å². The smallest absolute Gasteiger partial charge is 0.106 e. The predicted octanol–water partition coefficient (Wildman–Crippen LogP) is 1.72. The highest BCUT2D eigenvalue weighted by Gasteiger charge is 2.38. The van der Waals surface area contributed by atoms with Crippen LogP contribution in [-0.4, -0.2) is 35.1 Å². The summed E-state index contributed by atoms with van der Waals surface area (Å²) in [6.07, 6.45) is 3.62. The second-order valence-electron chi connectivity index (χ2n) is 4.88. The molecule has 0 aromatic rings. The molecule has 2 N–H and O–H groups in total. The molecule has 3 nitrogen and oxygen atoms in total. The Morgan fingerprint density at radius 2 is 2.00 bits per heavy atom. The van der Waals surface area contributed by atoms with Crippen LogP contribution in [0, 0.1) is 5.92 Å². The average molecular weight is 216 g/mol. The van der Waals surface area contributed by atoms with Crippen molar-refractivity contribution in [3.8, 4) is 0 Å². The van der Waals surface area contributed by atoms with E-state index in [-0.39, 0.29) is 6.61 Å². The molecule has 1 aliphatic carbocycles. The molecule has 15 heavy (non-hydrogen) atoms. The predicted molar refractivity (Wildman–Crippen MR) is 59.7 cm³/mol. The van der Waals surface area contributed by atoms with Crippen LogP contribution in [-0.2, 0) is 4.74 Å². The van der Waals surface area contributed by atoms with Gasteiger partial charge in [-0.3, -0.25) is 0 Å². The summed E-state index contributed by atoms with van der Waals surface area (Å²) in [5, 5.41) is 20.1. The molecule has 0 radical (unpaired) electrons. The Balaban J connectivity index is 2.33. The van der Waals surface area contributed by atoms with Crippen molar-refractivity contribution in [2.45, 2.75) is 57.7 Å².